The first-order valence-corrected chi connectivity index (χ1v) is 6.26. The third kappa shape index (κ3) is 6.18. The third-order valence-electron chi connectivity index (χ3n) is 2.52. The SMILES string of the molecule is CNCCCNC(=O)Cc1ccc([N+](=O)[O-])cc1Cl.Cl. The molecule has 0 saturated carbocycles. The second-order valence-corrected chi connectivity index (χ2v) is 4.42. The molecular formula is C12H17Cl2N3O3. The summed E-state index contributed by atoms with van der Waals surface area (Å²) in [5.41, 5.74) is 0.501. The van der Waals surface area contributed by atoms with Gasteiger partial charge < -0.3 is 10.6 Å². The highest BCUT2D eigenvalue weighted by Gasteiger charge is 2.11. The molecule has 0 aromatic heterocycles. The summed E-state index contributed by atoms with van der Waals surface area (Å²) < 4.78 is 0. The minimum absolute atomic E-state index is 0. The van der Waals surface area contributed by atoms with Gasteiger partial charge in [-0.2, -0.15) is 0 Å². The molecule has 0 spiro atoms. The molecule has 6 nitrogen and oxygen atoms in total. The van der Waals surface area contributed by atoms with E-state index in [2.05, 4.69) is 10.6 Å². The number of amides is 1. The molecule has 0 fully saturated rings. The number of nitro benzene ring substituents is 1. The van der Waals surface area contributed by atoms with E-state index < -0.39 is 4.92 Å². The molecule has 8 heteroatoms. The van der Waals surface area contributed by atoms with Gasteiger partial charge in [-0.15, -0.1) is 12.4 Å². The quantitative estimate of drug-likeness (QED) is 0.456. The molecule has 20 heavy (non-hydrogen) atoms. The van der Waals surface area contributed by atoms with Crippen LogP contribution in [0.15, 0.2) is 18.2 Å². The molecule has 0 unspecified atom stereocenters. The largest absolute Gasteiger partial charge is 0.356 e. The first kappa shape index (κ1) is 18.6. The molecule has 0 atom stereocenters. The molecule has 1 aromatic carbocycles. The van der Waals surface area contributed by atoms with E-state index in [1.807, 2.05) is 7.05 Å². The monoisotopic (exact) mass is 321 g/mol. The topological polar surface area (TPSA) is 84.3 Å². The first-order valence-electron chi connectivity index (χ1n) is 5.88. The van der Waals surface area contributed by atoms with Crippen LogP contribution >= 0.6 is 24.0 Å². The first-order chi connectivity index (χ1) is 9.04. The molecule has 0 aliphatic rings. The summed E-state index contributed by atoms with van der Waals surface area (Å²) in [6.07, 6.45) is 0.965. The van der Waals surface area contributed by atoms with Gasteiger partial charge in [-0.05, 0) is 25.6 Å². The molecule has 0 bridgehead atoms. The Morgan fingerprint density at radius 2 is 2.10 bits per heavy atom. The Hall–Kier alpha value is -1.37. The molecule has 0 radical (unpaired) electrons. The summed E-state index contributed by atoms with van der Waals surface area (Å²) >= 11 is 5.91. The van der Waals surface area contributed by atoms with Gasteiger partial charge in [0.1, 0.15) is 0 Å². The predicted molar refractivity (Wildman–Crippen MR) is 80.6 cm³/mol. The van der Waals surface area contributed by atoms with E-state index in [0.717, 1.165) is 13.0 Å². The molecule has 1 aromatic rings. The Kier molecular flexibility index (Phi) is 8.87. The van der Waals surface area contributed by atoms with E-state index in [1.54, 1.807) is 0 Å². The fourth-order valence-electron chi connectivity index (χ4n) is 1.52. The number of hydrogen-bond donors (Lipinski definition) is 2. The van der Waals surface area contributed by atoms with Crippen LogP contribution in [0.2, 0.25) is 5.02 Å². The van der Waals surface area contributed by atoms with Gasteiger partial charge in [-0.1, -0.05) is 17.7 Å². The molecule has 2 N–H and O–H groups in total. The molecular weight excluding hydrogens is 305 g/mol. The van der Waals surface area contributed by atoms with Crippen molar-refractivity contribution in [2.75, 3.05) is 20.1 Å². The maximum atomic E-state index is 11.6. The minimum atomic E-state index is -0.520. The van der Waals surface area contributed by atoms with E-state index in [0.29, 0.717) is 12.1 Å². The third-order valence-corrected chi connectivity index (χ3v) is 2.88. The maximum Gasteiger partial charge on any atom is 0.270 e. The number of nitro groups is 1. The second-order valence-electron chi connectivity index (χ2n) is 4.02. The van der Waals surface area contributed by atoms with Gasteiger partial charge in [0, 0.05) is 18.7 Å². The van der Waals surface area contributed by atoms with Crippen molar-refractivity contribution in [1.82, 2.24) is 10.6 Å². The van der Waals surface area contributed by atoms with Crippen LogP contribution in [0, 0.1) is 10.1 Å². The van der Waals surface area contributed by atoms with E-state index in [9.17, 15) is 14.9 Å². The van der Waals surface area contributed by atoms with Gasteiger partial charge in [0.2, 0.25) is 5.91 Å². The van der Waals surface area contributed by atoms with E-state index in [-0.39, 0.29) is 35.4 Å². The van der Waals surface area contributed by atoms with Crippen LogP contribution in [0.3, 0.4) is 0 Å². The van der Waals surface area contributed by atoms with E-state index in [4.69, 9.17) is 11.6 Å². The fraction of sp³-hybridized carbons (Fsp3) is 0.417. The van der Waals surface area contributed by atoms with E-state index in [1.165, 1.54) is 18.2 Å². The second kappa shape index (κ2) is 9.52. The van der Waals surface area contributed by atoms with Crippen molar-refractivity contribution >= 4 is 35.6 Å². The van der Waals surface area contributed by atoms with Crippen LogP contribution in [0.25, 0.3) is 0 Å². The van der Waals surface area contributed by atoms with Crippen molar-refractivity contribution in [1.29, 1.82) is 0 Å². The van der Waals surface area contributed by atoms with Crippen molar-refractivity contribution < 1.29 is 9.72 Å². The van der Waals surface area contributed by atoms with Gasteiger partial charge in [0.15, 0.2) is 0 Å². The zero-order valence-electron chi connectivity index (χ0n) is 11.0. The number of hydrogen-bond acceptors (Lipinski definition) is 4. The number of halogens is 2. The lowest BCUT2D eigenvalue weighted by Crippen LogP contribution is -2.28. The summed E-state index contributed by atoms with van der Waals surface area (Å²) in [7, 11) is 1.85. The summed E-state index contributed by atoms with van der Waals surface area (Å²) in [5, 5.41) is 16.5. The Morgan fingerprint density at radius 1 is 1.40 bits per heavy atom. The summed E-state index contributed by atoms with van der Waals surface area (Å²) in [4.78, 5) is 21.7. The Labute approximate surface area is 128 Å². The van der Waals surface area contributed by atoms with Crippen LogP contribution in [0.4, 0.5) is 5.69 Å². The lowest BCUT2D eigenvalue weighted by Gasteiger charge is -2.06. The van der Waals surface area contributed by atoms with Crippen molar-refractivity contribution in [3.63, 3.8) is 0 Å². The van der Waals surface area contributed by atoms with E-state index >= 15 is 0 Å². The van der Waals surface area contributed by atoms with Crippen molar-refractivity contribution in [3.8, 4) is 0 Å². The summed E-state index contributed by atoms with van der Waals surface area (Å²) in [5.74, 6) is -0.146. The normalized spacial score (nSPS) is 9.70. The number of carbonyl (C=O) groups excluding carboxylic acids is 1. The van der Waals surface area contributed by atoms with Crippen LogP contribution < -0.4 is 10.6 Å². The minimum Gasteiger partial charge on any atom is -0.356 e. The molecule has 0 saturated heterocycles. The highest BCUT2D eigenvalue weighted by Crippen LogP contribution is 2.22. The average molecular weight is 322 g/mol. The van der Waals surface area contributed by atoms with Gasteiger partial charge in [-0.25, -0.2) is 0 Å². The molecule has 1 rings (SSSR count). The van der Waals surface area contributed by atoms with Crippen LogP contribution in [-0.4, -0.2) is 31.0 Å². The lowest BCUT2D eigenvalue weighted by atomic mass is 10.1. The molecule has 0 aliphatic heterocycles. The van der Waals surface area contributed by atoms with Gasteiger partial charge in [0.25, 0.3) is 5.69 Å². The maximum absolute atomic E-state index is 11.6. The number of rotatable bonds is 7. The molecule has 112 valence electrons. The van der Waals surface area contributed by atoms with Gasteiger partial charge >= 0.3 is 0 Å². The number of carbonyl (C=O) groups is 1. The standard InChI is InChI=1S/C12H16ClN3O3.ClH/c1-14-5-2-6-15-12(17)7-9-3-4-10(16(18)19)8-11(9)13;/h3-4,8,14H,2,5-7H2,1H3,(H,15,17);1H. The van der Waals surface area contributed by atoms with Gasteiger partial charge in [-0.3, -0.25) is 14.9 Å². The van der Waals surface area contributed by atoms with Crippen molar-refractivity contribution in [2.24, 2.45) is 0 Å². The Balaban J connectivity index is 0.00000361. The zero-order chi connectivity index (χ0) is 14.3. The zero-order valence-corrected chi connectivity index (χ0v) is 12.6. The van der Waals surface area contributed by atoms with Crippen LogP contribution in [-0.2, 0) is 11.2 Å². The van der Waals surface area contributed by atoms with Crippen molar-refractivity contribution in [3.05, 3.63) is 38.9 Å². The highest BCUT2D eigenvalue weighted by molar-refractivity contribution is 6.31. The smallest absolute Gasteiger partial charge is 0.270 e. The lowest BCUT2D eigenvalue weighted by molar-refractivity contribution is -0.384. The summed E-state index contributed by atoms with van der Waals surface area (Å²) in [6.45, 7) is 1.42. The van der Waals surface area contributed by atoms with Crippen molar-refractivity contribution in [2.45, 2.75) is 12.8 Å². The highest BCUT2D eigenvalue weighted by atomic mass is 35.5. The summed E-state index contributed by atoms with van der Waals surface area (Å²) in [6, 6.07) is 4.11. The number of benzene rings is 1. The van der Waals surface area contributed by atoms with Crippen LogP contribution in [0.1, 0.15) is 12.0 Å². The predicted octanol–water partition coefficient (Wildman–Crippen LogP) is 1.94. The average Bonchev–Trinajstić information content (AvgIpc) is 2.37. The van der Waals surface area contributed by atoms with Crippen LogP contribution in [0.5, 0.6) is 0 Å². The number of non-ortho nitro benzene ring substituents is 1. The number of nitrogens with zero attached hydrogens (tertiary/aromatic N) is 1. The molecule has 0 aliphatic carbocycles. The molecule has 0 heterocycles. The fourth-order valence-corrected chi connectivity index (χ4v) is 1.76. The van der Waals surface area contributed by atoms with Gasteiger partial charge in [0.05, 0.1) is 16.4 Å². The number of nitrogens with one attached hydrogen (secondary N) is 2. The molecule has 1 amide bonds. The Morgan fingerprint density at radius 3 is 2.65 bits per heavy atom. The Bertz CT molecular complexity index is 469.